The van der Waals surface area contributed by atoms with Crippen LogP contribution in [0.25, 0.3) is 33.7 Å². The monoisotopic (exact) mass is 452 g/mol. The molecule has 4 aromatic rings. The van der Waals surface area contributed by atoms with Crippen molar-refractivity contribution >= 4 is 28.5 Å². The minimum atomic E-state index is -0.801. The van der Waals surface area contributed by atoms with Crippen molar-refractivity contribution in [1.82, 2.24) is 19.6 Å². The van der Waals surface area contributed by atoms with Gasteiger partial charge in [-0.3, -0.25) is 4.79 Å². The van der Waals surface area contributed by atoms with E-state index in [9.17, 15) is 4.79 Å². The van der Waals surface area contributed by atoms with Crippen LogP contribution in [0.3, 0.4) is 0 Å². The summed E-state index contributed by atoms with van der Waals surface area (Å²) in [5.74, 6) is 0.130. The standard InChI is InChI=1S/C24H25ClN4O3/c1-15(2)29-14-20(25)19-12-18(7-8-21(19)29)24-26-23(27-32-24)17-6-4-5-16(11-17)13-28(3)10-9-22(30)31/h4-8,11-12,14-15H,9-10,13H2,1-3H3,(H,30,31). The summed E-state index contributed by atoms with van der Waals surface area (Å²) < 4.78 is 7.69. The lowest BCUT2D eigenvalue weighted by Gasteiger charge is -2.15. The number of halogens is 1. The Hall–Kier alpha value is -3.16. The van der Waals surface area contributed by atoms with Gasteiger partial charge in [-0.2, -0.15) is 4.98 Å². The average Bonchev–Trinajstić information content (AvgIpc) is 3.38. The van der Waals surface area contributed by atoms with Gasteiger partial charge in [0.25, 0.3) is 5.89 Å². The van der Waals surface area contributed by atoms with Gasteiger partial charge < -0.3 is 19.1 Å². The van der Waals surface area contributed by atoms with Crippen molar-refractivity contribution in [1.29, 1.82) is 0 Å². The van der Waals surface area contributed by atoms with Crippen LogP contribution in [-0.4, -0.2) is 44.3 Å². The predicted octanol–water partition coefficient (Wildman–Crippen LogP) is 5.50. The third-order valence-electron chi connectivity index (χ3n) is 5.36. The van der Waals surface area contributed by atoms with Gasteiger partial charge >= 0.3 is 5.97 Å². The highest BCUT2D eigenvalue weighted by molar-refractivity contribution is 6.35. The molecule has 2 heterocycles. The van der Waals surface area contributed by atoms with E-state index in [1.54, 1.807) is 0 Å². The van der Waals surface area contributed by atoms with E-state index in [1.807, 2.05) is 60.6 Å². The lowest BCUT2D eigenvalue weighted by atomic mass is 10.1. The summed E-state index contributed by atoms with van der Waals surface area (Å²) in [5.41, 5.74) is 3.76. The Labute approximate surface area is 191 Å². The first-order valence-electron chi connectivity index (χ1n) is 10.5. The van der Waals surface area contributed by atoms with E-state index in [-0.39, 0.29) is 6.42 Å². The summed E-state index contributed by atoms with van der Waals surface area (Å²) >= 11 is 6.46. The fourth-order valence-electron chi connectivity index (χ4n) is 3.72. The van der Waals surface area contributed by atoms with E-state index in [1.165, 1.54) is 0 Å². The summed E-state index contributed by atoms with van der Waals surface area (Å²) in [4.78, 5) is 17.3. The first-order valence-corrected chi connectivity index (χ1v) is 10.8. The molecule has 8 heteroatoms. The zero-order valence-electron chi connectivity index (χ0n) is 18.2. The van der Waals surface area contributed by atoms with Gasteiger partial charge in [0.05, 0.1) is 11.4 Å². The maximum absolute atomic E-state index is 10.8. The Balaban J connectivity index is 1.56. The number of aromatic nitrogens is 3. The molecule has 0 aliphatic rings. The van der Waals surface area contributed by atoms with Gasteiger partial charge in [-0.15, -0.1) is 0 Å². The van der Waals surface area contributed by atoms with Gasteiger partial charge in [0.1, 0.15) is 0 Å². The van der Waals surface area contributed by atoms with Crippen LogP contribution in [0.5, 0.6) is 0 Å². The number of hydrogen-bond donors (Lipinski definition) is 1. The molecule has 4 rings (SSSR count). The van der Waals surface area contributed by atoms with Crippen LogP contribution in [-0.2, 0) is 11.3 Å². The lowest BCUT2D eigenvalue weighted by molar-refractivity contribution is -0.137. The second-order valence-corrected chi connectivity index (χ2v) is 8.62. The molecule has 0 aliphatic heterocycles. The highest BCUT2D eigenvalue weighted by atomic mass is 35.5. The number of fused-ring (bicyclic) bond motifs is 1. The molecule has 166 valence electrons. The molecule has 0 radical (unpaired) electrons. The molecular formula is C24H25ClN4O3. The fraction of sp³-hybridized carbons (Fsp3) is 0.292. The molecule has 0 aliphatic carbocycles. The SMILES string of the molecule is CC(C)n1cc(Cl)c2cc(-c3nc(-c4cccc(CN(C)CCC(=O)O)c4)no3)ccc21. The van der Waals surface area contributed by atoms with Crippen molar-refractivity contribution in [3.63, 3.8) is 0 Å². The summed E-state index contributed by atoms with van der Waals surface area (Å²) in [6.45, 7) is 5.35. The number of nitrogens with zero attached hydrogens (tertiary/aromatic N) is 4. The number of carboxylic acid groups (broad SMARTS) is 1. The largest absolute Gasteiger partial charge is 0.481 e. The van der Waals surface area contributed by atoms with E-state index < -0.39 is 5.97 Å². The average molecular weight is 453 g/mol. The van der Waals surface area contributed by atoms with E-state index in [0.717, 1.165) is 27.6 Å². The normalized spacial score (nSPS) is 11.7. The number of aliphatic carboxylic acids is 1. The Morgan fingerprint density at radius 2 is 2.03 bits per heavy atom. The van der Waals surface area contributed by atoms with Crippen molar-refractivity contribution in [3.8, 4) is 22.8 Å². The number of carboxylic acids is 1. The second kappa shape index (κ2) is 9.14. The van der Waals surface area contributed by atoms with Gasteiger partial charge in [-0.1, -0.05) is 35.0 Å². The van der Waals surface area contributed by atoms with E-state index in [2.05, 4.69) is 28.6 Å². The lowest BCUT2D eigenvalue weighted by Crippen LogP contribution is -2.21. The Kier molecular flexibility index (Phi) is 6.30. The highest BCUT2D eigenvalue weighted by Gasteiger charge is 2.15. The summed E-state index contributed by atoms with van der Waals surface area (Å²) in [5, 5.41) is 14.7. The van der Waals surface area contributed by atoms with E-state index in [4.69, 9.17) is 21.2 Å². The maximum Gasteiger partial charge on any atom is 0.304 e. The maximum atomic E-state index is 10.8. The molecule has 0 atom stereocenters. The zero-order chi connectivity index (χ0) is 22.8. The Morgan fingerprint density at radius 1 is 1.22 bits per heavy atom. The van der Waals surface area contributed by atoms with E-state index in [0.29, 0.717) is 35.9 Å². The molecule has 0 saturated heterocycles. The third-order valence-corrected chi connectivity index (χ3v) is 5.66. The molecule has 0 spiro atoms. The summed E-state index contributed by atoms with van der Waals surface area (Å²) in [7, 11) is 1.90. The van der Waals surface area contributed by atoms with Crippen molar-refractivity contribution in [3.05, 3.63) is 59.2 Å². The number of rotatable bonds is 8. The van der Waals surface area contributed by atoms with Crippen molar-refractivity contribution in [2.75, 3.05) is 13.6 Å². The molecule has 1 N–H and O–H groups in total. The smallest absolute Gasteiger partial charge is 0.304 e. The van der Waals surface area contributed by atoms with Crippen LogP contribution in [0.2, 0.25) is 5.02 Å². The summed E-state index contributed by atoms with van der Waals surface area (Å²) in [6.07, 6.45) is 2.05. The molecule has 2 aromatic carbocycles. The highest BCUT2D eigenvalue weighted by Crippen LogP contribution is 2.32. The van der Waals surface area contributed by atoms with Crippen LogP contribution in [0.15, 0.2) is 53.2 Å². The molecule has 0 unspecified atom stereocenters. The van der Waals surface area contributed by atoms with Crippen molar-refractivity contribution in [2.24, 2.45) is 0 Å². The topological polar surface area (TPSA) is 84.4 Å². The number of carbonyl (C=O) groups is 1. The zero-order valence-corrected chi connectivity index (χ0v) is 19.0. The van der Waals surface area contributed by atoms with Gasteiger partial charge in [0.2, 0.25) is 5.82 Å². The third kappa shape index (κ3) is 4.69. The van der Waals surface area contributed by atoms with Gasteiger partial charge in [-0.25, -0.2) is 0 Å². The molecule has 0 fully saturated rings. The molecule has 0 bridgehead atoms. The van der Waals surface area contributed by atoms with Crippen LogP contribution < -0.4 is 0 Å². The predicted molar refractivity (Wildman–Crippen MR) is 125 cm³/mol. The Morgan fingerprint density at radius 3 is 2.78 bits per heavy atom. The van der Waals surface area contributed by atoms with Crippen LogP contribution in [0.4, 0.5) is 0 Å². The van der Waals surface area contributed by atoms with Crippen molar-refractivity contribution in [2.45, 2.75) is 32.9 Å². The first-order chi connectivity index (χ1) is 15.3. The van der Waals surface area contributed by atoms with Crippen molar-refractivity contribution < 1.29 is 14.4 Å². The summed E-state index contributed by atoms with van der Waals surface area (Å²) in [6, 6.07) is 14.1. The molecule has 32 heavy (non-hydrogen) atoms. The minimum absolute atomic E-state index is 0.110. The number of hydrogen-bond acceptors (Lipinski definition) is 5. The van der Waals surface area contributed by atoms with Crippen LogP contribution in [0.1, 0.15) is 31.9 Å². The first kappa shape index (κ1) is 22.0. The van der Waals surface area contributed by atoms with Crippen LogP contribution in [0, 0.1) is 0 Å². The molecular weight excluding hydrogens is 428 g/mol. The van der Waals surface area contributed by atoms with Gasteiger partial charge in [0.15, 0.2) is 0 Å². The molecule has 2 aromatic heterocycles. The Bertz CT molecular complexity index is 1260. The van der Waals surface area contributed by atoms with Gasteiger partial charge in [-0.05, 0) is 50.7 Å². The van der Waals surface area contributed by atoms with Crippen LogP contribution >= 0.6 is 11.6 Å². The second-order valence-electron chi connectivity index (χ2n) is 8.22. The molecule has 7 nitrogen and oxygen atoms in total. The quantitative estimate of drug-likeness (QED) is 0.380. The minimum Gasteiger partial charge on any atom is -0.481 e. The van der Waals surface area contributed by atoms with E-state index >= 15 is 0 Å². The molecule has 0 amide bonds. The fourth-order valence-corrected chi connectivity index (χ4v) is 3.97. The van der Waals surface area contributed by atoms with Gasteiger partial charge in [0, 0.05) is 47.4 Å². The molecule has 0 saturated carbocycles. The number of benzene rings is 2.